The molecule has 0 spiro atoms. The average molecular weight is 617 g/mol. The zero-order valence-electron chi connectivity index (χ0n) is 26.8. The Labute approximate surface area is 260 Å². The molecule has 1 aromatic carbocycles. The van der Waals surface area contributed by atoms with Gasteiger partial charge in [0.25, 0.3) is 0 Å². The Morgan fingerprint density at radius 3 is 1.26 bits per heavy atom. The second-order valence-corrected chi connectivity index (χ2v) is 9.95. The molecule has 0 aliphatic heterocycles. The van der Waals surface area contributed by atoms with Gasteiger partial charge < -0.3 is 47.7 Å². The van der Waals surface area contributed by atoms with Gasteiger partial charge in [-0.1, -0.05) is 63.6 Å². The van der Waals surface area contributed by atoms with E-state index >= 15 is 0 Å². The molecule has 10 nitrogen and oxygen atoms in total. The van der Waals surface area contributed by atoms with Crippen LogP contribution in [0, 0.1) is 0 Å². The summed E-state index contributed by atoms with van der Waals surface area (Å²) < 4.78 is 49.5. The molecular weight excluding hydrogens is 556 g/mol. The number of aliphatic hydroxyl groups excluding tert-OH is 1. The second-order valence-electron chi connectivity index (χ2n) is 9.95. The Kier molecular flexibility index (Phi) is 31.0. The van der Waals surface area contributed by atoms with Crippen LogP contribution in [0.3, 0.4) is 0 Å². The van der Waals surface area contributed by atoms with Gasteiger partial charge in [0.2, 0.25) is 0 Å². The van der Waals surface area contributed by atoms with E-state index in [4.69, 9.17) is 47.7 Å². The summed E-state index contributed by atoms with van der Waals surface area (Å²) in [6.07, 6.45) is 10.3. The third kappa shape index (κ3) is 27.9. The highest BCUT2D eigenvalue weighted by molar-refractivity contribution is 5.33. The Hall–Kier alpha value is -1.34. The van der Waals surface area contributed by atoms with Gasteiger partial charge in [0.15, 0.2) is 0 Å². The van der Waals surface area contributed by atoms with Gasteiger partial charge in [0, 0.05) is 0 Å². The third-order valence-electron chi connectivity index (χ3n) is 6.35. The molecule has 0 saturated carbocycles. The quantitative estimate of drug-likeness (QED) is 0.110. The van der Waals surface area contributed by atoms with E-state index in [9.17, 15) is 0 Å². The topological polar surface area (TPSA) is 103 Å². The van der Waals surface area contributed by atoms with E-state index in [1.807, 2.05) is 6.07 Å². The van der Waals surface area contributed by atoms with E-state index in [1.54, 1.807) is 0 Å². The van der Waals surface area contributed by atoms with Crippen LogP contribution in [0.15, 0.2) is 24.3 Å². The Balaban J connectivity index is 1.78. The first kappa shape index (κ1) is 39.7. The molecule has 10 heteroatoms. The molecule has 1 rings (SSSR count). The van der Waals surface area contributed by atoms with E-state index in [0.29, 0.717) is 112 Å². The van der Waals surface area contributed by atoms with Gasteiger partial charge >= 0.3 is 0 Å². The van der Waals surface area contributed by atoms with Crippen molar-refractivity contribution in [3.8, 4) is 5.75 Å². The van der Waals surface area contributed by atoms with Crippen molar-refractivity contribution < 1.29 is 47.7 Å². The maximum atomic E-state index is 8.58. The fraction of sp³-hybridized carbons (Fsp3) is 0.818. The van der Waals surface area contributed by atoms with Crippen LogP contribution < -0.4 is 4.74 Å². The van der Waals surface area contributed by atoms with E-state index in [-0.39, 0.29) is 6.61 Å². The van der Waals surface area contributed by atoms with Crippen molar-refractivity contribution in [3.63, 3.8) is 0 Å². The molecule has 0 radical (unpaired) electrons. The zero-order valence-corrected chi connectivity index (χ0v) is 26.8. The van der Waals surface area contributed by atoms with Gasteiger partial charge in [-0.15, -0.1) is 0 Å². The van der Waals surface area contributed by atoms with Gasteiger partial charge in [-0.25, -0.2) is 0 Å². The number of aliphatic hydroxyl groups is 1. The normalized spacial score (nSPS) is 11.4. The van der Waals surface area contributed by atoms with Crippen LogP contribution in [0.4, 0.5) is 0 Å². The average Bonchev–Trinajstić information content (AvgIpc) is 3.03. The fourth-order valence-electron chi connectivity index (χ4n) is 4.04. The summed E-state index contributed by atoms with van der Waals surface area (Å²) in [5.74, 6) is 0.975. The van der Waals surface area contributed by atoms with Crippen molar-refractivity contribution in [1.29, 1.82) is 0 Å². The molecule has 0 saturated heterocycles. The first-order valence-electron chi connectivity index (χ1n) is 16.3. The minimum absolute atomic E-state index is 0.0298. The largest absolute Gasteiger partial charge is 0.491 e. The molecule has 0 unspecified atom stereocenters. The lowest BCUT2D eigenvalue weighted by Gasteiger charge is -2.12. The first-order valence-corrected chi connectivity index (χ1v) is 16.3. The summed E-state index contributed by atoms with van der Waals surface area (Å²) in [7, 11) is 0. The van der Waals surface area contributed by atoms with Crippen LogP contribution in [-0.4, -0.2) is 124 Å². The summed E-state index contributed by atoms with van der Waals surface area (Å²) in [6.45, 7) is 10.9. The lowest BCUT2D eigenvalue weighted by atomic mass is 10.0. The van der Waals surface area contributed by atoms with Crippen LogP contribution in [0.25, 0.3) is 0 Å². The number of rotatable bonds is 35. The van der Waals surface area contributed by atoms with Crippen molar-refractivity contribution in [2.75, 3.05) is 119 Å². The molecule has 0 bridgehead atoms. The number of unbranched alkanes of at least 4 members (excludes halogenated alkanes) is 6. The number of hydrogen-bond donors (Lipinski definition) is 1. The Morgan fingerprint density at radius 2 is 0.814 bits per heavy atom. The Bertz CT molecular complexity index is 679. The molecule has 0 heterocycles. The van der Waals surface area contributed by atoms with E-state index < -0.39 is 0 Å². The lowest BCUT2D eigenvalue weighted by Crippen LogP contribution is -2.15. The van der Waals surface area contributed by atoms with E-state index in [0.717, 1.165) is 12.2 Å². The zero-order chi connectivity index (χ0) is 30.7. The molecule has 0 amide bonds. The van der Waals surface area contributed by atoms with Crippen LogP contribution in [-0.2, 0) is 44.3 Å². The predicted octanol–water partition coefficient (Wildman–Crippen LogP) is 4.48. The highest BCUT2D eigenvalue weighted by Gasteiger charge is 2.03. The van der Waals surface area contributed by atoms with Crippen LogP contribution in [0.2, 0.25) is 0 Å². The maximum Gasteiger partial charge on any atom is 0.122 e. The van der Waals surface area contributed by atoms with Crippen molar-refractivity contribution in [1.82, 2.24) is 0 Å². The molecule has 0 atom stereocenters. The van der Waals surface area contributed by atoms with Gasteiger partial charge in [0.05, 0.1) is 112 Å². The molecule has 43 heavy (non-hydrogen) atoms. The van der Waals surface area contributed by atoms with Gasteiger partial charge in [0.1, 0.15) is 12.4 Å². The number of benzene rings is 1. The molecule has 0 fully saturated rings. The summed E-state index contributed by atoms with van der Waals surface area (Å²) in [6, 6.07) is 8.34. The van der Waals surface area contributed by atoms with Gasteiger partial charge in [-0.05, 0) is 24.5 Å². The third-order valence-corrected chi connectivity index (χ3v) is 6.35. The van der Waals surface area contributed by atoms with Crippen LogP contribution in [0.1, 0.15) is 57.4 Å². The first-order chi connectivity index (χ1) is 21.4. The SMILES string of the molecule is CCCCCCCCCc1ccccc1OCCOCCOCCOCCOCCOCCOCCOCCOCCO. The molecule has 1 aromatic rings. The molecule has 252 valence electrons. The summed E-state index contributed by atoms with van der Waals surface area (Å²) >= 11 is 0. The summed E-state index contributed by atoms with van der Waals surface area (Å²) in [5.41, 5.74) is 1.29. The number of hydrogen-bond acceptors (Lipinski definition) is 10. The van der Waals surface area contributed by atoms with Crippen molar-refractivity contribution in [3.05, 3.63) is 29.8 Å². The molecule has 0 aromatic heterocycles. The molecule has 0 aliphatic carbocycles. The van der Waals surface area contributed by atoms with Gasteiger partial charge in [-0.2, -0.15) is 0 Å². The summed E-state index contributed by atoms with van der Waals surface area (Å²) in [5, 5.41) is 8.58. The van der Waals surface area contributed by atoms with Crippen LogP contribution >= 0.6 is 0 Å². The van der Waals surface area contributed by atoms with Crippen molar-refractivity contribution in [2.45, 2.75) is 58.3 Å². The maximum absolute atomic E-state index is 8.58. The van der Waals surface area contributed by atoms with Crippen LogP contribution in [0.5, 0.6) is 5.75 Å². The summed E-state index contributed by atoms with van der Waals surface area (Å²) in [4.78, 5) is 0. The minimum Gasteiger partial charge on any atom is -0.491 e. The number of ether oxygens (including phenoxy) is 9. The highest BCUT2D eigenvalue weighted by atomic mass is 16.6. The van der Waals surface area contributed by atoms with E-state index in [1.165, 1.54) is 50.5 Å². The second kappa shape index (κ2) is 33.6. The predicted molar refractivity (Wildman–Crippen MR) is 167 cm³/mol. The standard InChI is InChI=1S/C33H60O10/c1-2-3-4-5-6-7-8-11-32-12-9-10-13-33(32)43-31-30-42-29-28-41-27-26-40-25-24-39-23-22-38-21-20-37-19-18-36-17-16-35-15-14-34/h9-10,12-13,34H,2-8,11,14-31H2,1H3. The monoisotopic (exact) mass is 616 g/mol. The number of aryl methyl sites for hydroxylation is 1. The van der Waals surface area contributed by atoms with Crippen molar-refractivity contribution >= 4 is 0 Å². The smallest absolute Gasteiger partial charge is 0.122 e. The number of para-hydroxylation sites is 1. The van der Waals surface area contributed by atoms with Crippen molar-refractivity contribution in [2.24, 2.45) is 0 Å². The molecular formula is C33H60O10. The Morgan fingerprint density at radius 1 is 0.442 bits per heavy atom. The molecule has 0 aliphatic rings. The van der Waals surface area contributed by atoms with E-state index in [2.05, 4.69) is 25.1 Å². The molecule has 1 N–H and O–H groups in total. The highest BCUT2D eigenvalue weighted by Crippen LogP contribution is 2.21. The minimum atomic E-state index is 0.0298. The lowest BCUT2D eigenvalue weighted by molar-refractivity contribution is -0.0242. The fourth-order valence-corrected chi connectivity index (χ4v) is 4.04. The van der Waals surface area contributed by atoms with Gasteiger partial charge in [-0.3, -0.25) is 0 Å².